The number of nitrogens with zero attached hydrogens (tertiary/aromatic N) is 1. The molecule has 0 saturated heterocycles. The van der Waals surface area contributed by atoms with Gasteiger partial charge in [0.25, 0.3) is 0 Å². The molecule has 2 N–H and O–H groups in total. The van der Waals surface area contributed by atoms with E-state index in [1.54, 1.807) is 6.92 Å². The Hall–Kier alpha value is -0.280. The van der Waals surface area contributed by atoms with E-state index in [1.165, 1.54) is 4.42 Å². The summed E-state index contributed by atoms with van der Waals surface area (Å²) >= 11 is 5.76. The van der Waals surface area contributed by atoms with Crippen LogP contribution < -0.4 is 5.73 Å². The normalized spacial score (nSPS) is 21.1. The highest BCUT2D eigenvalue weighted by Gasteiger charge is 2.33. The Labute approximate surface area is 65.2 Å². The largest absolute Gasteiger partial charge is 0.368 e. The molecule has 1 fully saturated rings. The molecule has 1 rings (SSSR count). The van der Waals surface area contributed by atoms with E-state index in [0.717, 1.165) is 12.8 Å². The predicted molar refractivity (Wildman–Crippen MR) is 39.4 cm³/mol. The standard InChI is InChI=1S/C6H11ClN2O/c1-4(6(8)10)9(7)5-2-3-5/h4-5H,2-3H2,1H3,(H2,8,10)/t4-/m0/s1. The van der Waals surface area contributed by atoms with Gasteiger partial charge < -0.3 is 5.73 Å². The molecule has 1 saturated carbocycles. The van der Waals surface area contributed by atoms with E-state index in [-0.39, 0.29) is 11.9 Å². The Morgan fingerprint density at radius 3 is 2.60 bits per heavy atom. The number of primary amides is 1. The summed E-state index contributed by atoms with van der Waals surface area (Å²) in [5.74, 6) is -0.359. The first-order valence-electron chi connectivity index (χ1n) is 3.36. The molecule has 1 aliphatic rings. The Balaban J connectivity index is 2.38. The zero-order chi connectivity index (χ0) is 7.72. The first-order chi connectivity index (χ1) is 4.63. The van der Waals surface area contributed by atoms with Gasteiger partial charge in [-0.1, -0.05) is 0 Å². The lowest BCUT2D eigenvalue weighted by atomic mass is 10.3. The highest BCUT2D eigenvalue weighted by molar-refractivity contribution is 6.15. The molecule has 0 aromatic rings. The minimum absolute atomic E-state index is 0.339. The summed E-state index contributed by atoms with van der Waals surface area (Å²) in [5.41, 5.74) is 5.04. The molecule has 1 aliphatic carbocycles. The minimum Gasteiger partial charge on any atom is -0.368 e. The maximum atomic E-state index is 10.6. The van der Waals surface area contributed by atoms with Gasteiger partial charge in [-0.3, -0.25) is 4.79 Å². The first-order valence-corrected chi connectivity index (χ1v) is 3.70. The summed E-state index contributed by atoms with van der Waals surface area (Å²) in [5, 5.41) is 0. The van der Waals surface area contributed by atoms with E-state index in [2.05, 4.69) is 0 Å². The van der Waals surface area contributed by atoms with E-state index in [0.29, 0.717) is 6.04 Å². The van der Waals surface area contributed by atoms with Crippen LogP contribution in [0.5, 0.6) is 0 Å². The van der Waals surface area contributed by atoms with Gasteiger partial charge in [0.2, 0.25) is 5.91 Å². The van der Waals surface area contributed by atoms with E-state index in [1.807, 2.05) is 0 Å². The van der Waals surface area contributed by atoms with Crippen molar-refractivity contribution in [1.29, 1.82) is 0 Å². The molecule has 10 heavy (non-hydrogen) atoms. The molecule has 0 bridgehead atoms. The smallest absolute Gasteiger partial charge is 0.235 e. The molecular weight excluding hydrogens is 152 g/mol. The third-order valence-corrected chi connectivity index (χ3v) is 2.25. The zero-order valence-corrected chi connectivity index (χ0v) is 6.64. The molecule has 0 aliphatic heterocycles. The van der Waals surface area contributed by atoms with Gasteiger partial charge in [0.15, 0.2) is 0 Å². The molecule has 3 nitrogen and oxygen atoms in total. The van der Waals surface area contributed by atoms with Crippen molar-refractivity contribution in [2.24, 2.45) is 5.73 Å². The maximum absolute atomic E-state index is 10.6. The average molecular weight is 163 g/mol. The van der Waals surface area contributed by atoms with Gasteiger partial charge in [-0.2, -0.15) is 0 Å². The number of halogens is 1. The van der Waals surface area contributed by atoms with Crippen molar-refractivity contribution in [3.05, 3.63) is 0 Å². The van der Waals surface area contributed by atoms with Gasteiger partial charge in [0, 0.05) is 6.04 Å². The maximum Gasteiger partial charge on any atom is 0.235 e. The number of hydrogen-bond acceptors (Lipinski definition) is 2. The molecule has 0 radical (unpaired) electrons. The van der Waals surface area contributed by atoms with Crippen molar-refractivity contribution in [2.45, 2.75) is 31.8 Å². The highest BCUT2D eigenvalue weighted by Crippen LogP contribution is 2.29. The summed E-state index contributed by atoms with van der Waals surface area (Å²) in [6.45, 7) is 1.72. The second-order valence-corrected chi connectivity index (χ2v) is 3.04. The number of amides is 1. The third-order valence-electron chi connectivity index (χ3n) is 1.68. The Morgan fingerprint density at radius 1 is 1.80 bits per heavy atom. The molecule has 0 unspecified atom stereocenters. The molecule has 4 heteroatoms. The van der Waals surface area contributed by atoms with E-state index < -0.39 is 0 Å². The highest BCUT2D eigenvalue weighted by atomic mass is 35.5. The SMILES string of the molecule is C[C@@H](C(N)=O)N(Cl)C1CC1. The van der Waals surface area contributed by atoms with Gasteiger partial charge >= 0.3 is 0 Å². The van der Waals surface area contributed by atoms with Crippen LogP contribution in [0.1, 0.15) is 19.8 Å². The lowest BCUT2D eigenvalue weighted by molar-refractivity contribution is -0.121. The Morgan fingerprint density at radius 2 is 2.30 bits per heavy atom. The summed E-state index contributed by atoms with van der Waals surface area (Å²) in [6.07, 6.45) is 2.17. The lowest BCUT2D eigenvalue weighted by Gasteiger charge is -2.17. The lowest BCUT2D eigenvalue weighted by Crippen LogP contribution is -2.38. The van der Waals surface area contributed by atoms with E-state index in [9.17, 15) is 4.79 Å². The van der Waals surface area contributed by atoms with Crippen LogP contribution in [0.2, 0.25) is 0 Å². The van der Waals surface area contributed by atoms with Crippen LogP contribution in [0.15, 0.2) is 0 Å². The Bertz CT molecular complexity index is 147. The Kier molecular flexibility index (Phi) is 2.16. The quantitative estimate of drug-likeness (QED) is 0.614. The molecule has 0 aromatic heterocycles. The number of hydrogen-bond donors (Lipinski definition) is 1. The second kappa shape index (κ2) is 2.76. The van der Waals surface area contributed by atoms with E-state index >= 15 is 0 Å². The van der Waals surface area contributed by atoms with Crippen LogP contribution in [0.4, 0.5) is 0 Å². The summed E-state index contributed by atoms with van der Waals surface area (Å²) < 4.78 is 1.52. The molecule has 58 valence electrons. The van der Waals surface area contributed by atoms with Crippen LogP contribution in [0, 0.1) is 0 Å². The number of rotatable bonds is 3. The fourth-order valence-corrected chi connectivity index (χ4v) is 1.05. The predicted octanol–water partition coefficient (Wildman–Crippen LogP) is 0.478. The van der Waals surface area contributed by atoms with Crippen LogP contribution in [0.3, 0.4) is 0 Å². The number of nitrogens with two attached hydrogens (primary N) is 1. The first kappa shape index (κ1) is 7.82. The van der Waals surface area contributed by atoms with Crippen LogP contribution >= 0.6 is 11.8 Å². The fourth-order valence-electron chi connectivity index (χ4n) is 0.759. The van der Waals surface area contributed by atoms with Gasteiger partial charge in [-0.15, -0.1) is 0 Å². The van der Waals surface area contributed by atoms with Crippen molar-refractivity contribution in [2.75, 3.05) is 0 Å². The molecule has 1 atom stereocenters. The average Bonchev–Trinajstić information content (AvgIpc) is 2.65. The van der Waals surface area contributed by atoms with Crippen LogP contribution in [-0.4, -0.2) is 22.4 Å². The summed E-state index contributed by atoms with van der Waals surface area (Å²) in [4.78, 5) is 10.6. The van der Waals surface area contributed by atoms with Gasteiger partial charge in [-0.05, 0) is 31.5 Å². The van der Waals surface area contributed by atoms with Gasteiger partial charge in [-0.25, -0.2) is 4.42 Å². The van der Waals surface area contributed by atoms with Crippen LogP contribution in [0.25, 0.3) is 0 Å². The summed E-state index contributed by atoms with van der Waals surface area (Å²) in [7, 11) is 0. The summed E-state index contributed by atoms with van der Waals surface area (Å²) in [6, 6.07) is 0.0401. The van der Waals surface area contributed by atoms with Crippen molar-refractivity contribution < 1.29 is 4.79 Å². The second-order valence-electron chi connectivity index (χ2n) is 2.65. The third kappa shape index (κ3) is 1.61. The van der Waals surface area contributed by atoms with Crippen molar-refractivity contribution >= 4 is 17.7 Å². The minimum atomic E-state index is -0.359. The van der Waals surface area contributed by atoms with Crippen LogP contribution in [-0.2, 0) is 4.79 Å². The van der Waals surface area contributed by atoms with Gasteiger partial charge in [0.1, 0.15) is 6.04 Å². The number of carbonyl (C=O) groups is 1. The monoisotopic (exact) mass is 162 g/mol. The molecule has 0 heterocycles. The molecule has 0 spiro atoms. The van der Waals surface area contributed by atoms with Gasteiger partial charge in [0.05, 0.1) is 0 Å². The zero-order valence-electron chi connectivity index (χ0n) is 5.88. The fraction of sp³-hybridized carbons (Fsp3) is 0.833. The van der Waals surface area contributed by atoms with Crippen molar-refractivity contribution in [3.63, 3.8) is 0 Å². The molecule has 1 amide bonds. The number of carbonyl (C=O) groups excluding carboxylic acids is 1. The molecular formula is C6H11ClN2O. The van der Waals surface area contributed by atoms with E-state index in [4.69, 9.17) is 17.5 Å². The molecule has 0 aromatic carbocycles. The van der Waals surface area contributed by atoms with Crippen molar-refractivity contribution in [1.82, 2.24) is 4.42 Å². The van der Waals surface area contributed by atoms with Crippen molar-refractivity contribution in [3.8, 4) is 0 Å². The topological polar surface area (TPSA) is 46.3 Å².